The number of thiocarbonyl (C=S) groups is 1. The molecule has 0 aliphatic carbocycles. The molecule has 1 rings (SSSR count). The van der Waals surface area contributed by atoms with Crippen LogP contribution in [0.3, 0.4) is 0 Å². The summed E-state index contributed by atoms with van der Waals surface area (Å²) >= 11 is 6.66. The first-order valence-electron chi connectivity index (χ1n) is 3.61. The third-order valence-electron chi connectivity index (χ3n) is 1.86. The lowest BCUT2D eigenvalue weighted by Gasteiger charge is -2.18. The van der Waals surface area contributed by atoms with Crippen molar-refractivity contribution in [3.8, 4) is 0 Å². The van der Waals surface area contributed by atoms with Crippen LogP contribution < -0.4 is 0 Å². The van der Waals surface area contributed by atoms with E-state index in [0.717, 1.165) is 10.1 Å². The van der Waals surface area contributed by atoms with Crippen LogP contribution in [-0.4, -0.2) is 41.1 Å². The van der Waals surface area contributed by atoms with E-state index in [4.69, 9.17) is 12.2 Å². The van der Waals surface area contributed by atoms with Gasteiger partial charge in [-0.05, 0) is 0 Å². The fraction of sp³-hybridized carbons (Fsp3) is 0.714. The van der Waals surface area contributed by atoms with E-state index in [1.807, 2.05) is 11.9 Å². The van der Waals surface area contributed by atoms with E-state index in [-0.39, 0.29) is 12.0 Å². The van der Waals surface area contributed by atoms with Crippen molar-refractivity contribution in [3.63, 3.8) is 0 Å². The molecule has 1 atom stereocenters. The second-order valence-electron chi connectivity index (χ2n) is 2.62. The average molecular weight is 205 g/mol. The summed E-state index contributed by atoms with van der Waals surface area (Å²) < 4.78 is 5.44. The molecule has 1 aliphatic rings. The second kappa shape index (κ2) is 4.09. The number of ether oxygens (including phenoxy) is 1. The summed E-state index contributed by atoms with van der Waals surface area (Å²) in [6, 6.07) is 0.218. The molecule has 0 aromatic heterocycles. The van der Waals surface area contributed by atoms with Crippen molar-refractivity contribution in [1.82, 2.24) is 4.90 Å². The van der Waals surface area contributed by atoms with Crippen LogP contribution in [0.4, 0.5) is 0 Å². The molecule has 1 heterocycles. The summed E-state index contributed by atoms with van der Waals surface area (Å²) in [7, 11) is 3.32. The fourth-order valence-electron chi connectivity index (χ4n) is 1.00. The molecule has 3 nitrogen and oxygen atoms in total. The number of hydrogen-bond acceptors (Lipinski definition) is 4. The van der Waals surface area contributed by atoms with Gasteiger partial charge in [0.15, 0.2) is 0 Å². The minimum atomic E-state index is -0.169. The Balaban J connectivity index is 2.44. The number of methoxy groups -OCH3 is 1. The van der Waals surface area contributed by atoms with E-state index in [1.165, 1.54) is 7.11 Å². The average Bonchev–Trinajstić information content (AvgIpc) is 2.36. The smallest absolute Gasteiger partial charge is 0.307 e. The molecule has 12 heavy (non-hydrogen) atoms. The first-order valence-corrected chi connectivity index (χ1v) is 5.01. The highest BCUT2D eigenvalue weighted by Gasteiger charge is 2.27. The second-order valence-corrected chi connectivity index (χ2v) is 4.28. The lowest BCUT2D eigenvalue weighted by molar-refractivity contribution is -0.141. The first-order chi connectivity index (χ1) is 5.65. The molecular weight excluding hydrogens is 194 g/mol. The van der Waals surface area contributed by atoms with Gasteiger partial charge in [-0.3, -0.25) is 4.79 Å². The van der Waals surface area contributed by atoms with Crippen LogP contribution in [-0.2, 0) is 9.53 Å². The molecule has 1 aliphatic heterocycles. The lowest BCUT2D eigenvalue weighted by Crippen LogP contribution is -2.31. The fourth-order valence-corrected chi connectivity index (χ4v) is 2.38. The van der Waals surface area contributed by atoms with Crippen molar-refractivity contribution < 1.29 is 9.53 Å². The van der Waals surface area contributed by atoms with Gasteiger partial charge in [0.05, 0.1) is 13.5 Å². The molecular formula is C7H11NO2S2. The van der Waals surface area contributed by atoms with E-state index in [9.17, 15) is 4.79 Å². The van der Waals surface area contributed by atoms with Crippen LogP contribution >= 0.6 is 24.0 Å². The van der Waals surface area contributed by atoms with Gasteiger partial charge in [-0.2, -0.15) is 0 Å². The van der Waals surface area contributed by atoms with Crippen LogP contribution in [0, 0.1) is 0 Å². The van der Waals surface area contributed by atoms with Gasteiger partial charge < -0.3 is 9.64 Å². The SMILES string of the molecule is COC(=O)CC1CSC(=S)N1C. The Bertz CT molecular complexity index is 208. The summed E-state index contributed by atoms with van der Waals surface area (Å²) in [5.41, 5.74) is 0. The summed E-state index contributed by atoms with van der Waals surface area (Å²) in [5, 5.41) is 0. The Morgan fingerprint density at radius 3 is 3.00 bits per heavy atom. The highest BCUT2D eigenvalue weighted by Crippen LogP contribution is 2.24. The molecule has 1 fully saturated rings. The maximum absolute atomic E-state index is 10.9. The highest BCUT2D eigenvalue weighted by molar-refractivity contribution is 8.23. The normalized spacial score (nSPS) is 23.0. The first kappa shape index (κ1) is 9.80. The number of rotatable bonds is 2. The zero-order valence-corrected chi connectivity index (χ0v) is 8.70. The van der Waals surface area contributed by atoms with Gasteiger partial charge in [0.25, 0.3) is 0 Å². The predicted molar refractivity (Wildman–Crippen MR) is 53.2 cm³/mol. The molecule has 0 aromatic rings. The Morgan fingerprint density at radius 2 is 2.58 bits per heavy atom. The summed E-state index contributed by atoms with van der Waals surface area (Å²) in [5.74, 6) is 0.724. The van der Waals surface area contributed by atoms with Gasteiger partial charge in [-0.15, -0.1) is 0 Å². The van der Waals surface area contributed by atoms with Crippen molar-refractivity contribution in [2.24, 2.45) is 0 Å². The van der Waals surface area contributed by atoms with Crippen LogP contribution in [0.1, 0.15) is 6.42 Å². The minimum absolute atomic E-state index is 0.169. The molecule has 0 N–H and O–H groups in total. The van der Waals surface area contributed by atoms with Crippen LogP contribution in [0.15, 0.2) is 0 Å². The van der Waals surface area contributed by atoms with Crippen molar-refractivity contribution >= 4 is 34.3 Å². The van der Waals surface area contributed by atoms with Crippen LogP contribution in [0.25, 0.3) is 0 Å². The Labute approximate surface area is 81.4 Å². The highest BCUT2D eigenvalue weighted by atomic mass is 32.2. The molecule has 0 amide bonds. The van der Waals surface area contributed by atoms with E-state index >= 15 is 0 Å². The minimum Gasteiger partial charge on any atom is -0.469 e. The molecule has 5 heteroatoms. The van der Waals surface area contributed by atoms with Crippen molar-refractivity contribution in [1.29, 1.82) is 0 Å². The lowest BCUT2D eigenvalue weighted by atomic mass is 10.2. The maximum atomic E-state index is 10.9. The third kappa shape index (κ3) is 2.10. The third-order valence-corrected chi connectivity index (χ3v) is 3.59. The van der Waals surface area contributed by atoms with Gasteiger partial charge in [0.1, 0.15) is 4.32 Å². The van der Waals surface area contributed by atoms with Gasteiger partial charge in [-0.25, -0.2) is 0 Å². The Hall–Kier alpha value is -0.290. The molecule has 0 aromatic carbocycles. The van der Waals surface area contributed by atoms with E-state index in [2.05, 4.69) is 4.74 Å². The van der Waals surface area contributed by atoms with E-state index < -0.39 is 0 Å². The molecule has 0 saturated carbocycles. The molecule has 0 bridgehead atoms. The standard InChI is InChI=1S/C7H11NO2S2/c1-8-5(3-6(9)10-2)4-12-7(8)11/h5H,3-4H2,1-2H3. The van der Waals surface area contributed by atoms with Gasteiger partial charge in [0, 0.05) is 18.8 Å². The number of thioether (sulfide) groups is 1. The summed E-state index contributed by atoms with van der Waals surface area (Å²) in [6.45, 7) is 0. The Kier molecular flexibility index (Phi) is 3.34. The molecule has 0 radical (unpaired) electrons. The van der Waals surface area contributed by atoms with Gasteiger partial charge >= 0.3 is 5.97 Å². The number of esters is 1. The Morgan fingerprint density at radius 1 is 1.92 bits per heavy atom. The molecule has 1 unspecified atom stereocenters. The van der Waals surface area contributed by atoms with Gasteiger partial charge in [0.2, 0.25) is 0 Å². The number of hydrogen-bond donors (Lipinski definition) is 0. The van der Waals surface area contributed by atoms with Crippen molar-refractivity contribution in [3.05, 3.63) is 0 Å². The van der Waals surface area contributed by atoms with Gasteiger partial charge in [-0.1, -0.05) is 24.0 Å². The number of carbonyl (C=O) groups excluding carboxylic acids is 1. The predicted octanol–water partition coefficient (Wildman–Crippen LogP) is 0.882. The van der Waals surface area contributed by atoms with Crippen LogP contribution in [0.2, 0.25) is 0 Å². The molecule has 1 saturated heterocycles. The molecule has 0 spiro atoms. The van der Waals surface area contributed by atoms with Crippen molar-refractivity contribution in [2.75, 3.05) is 19.9 Å². The van der Waals surface area contributed by atoms with E-state index in [1.54, 1.807) is 11.8 Å². The quantitative estimate of drug-likeness (QED) is 0.493. The largest absolute Gasteiger partial charge is 0.469 e. The molecule has 68 valence electrons. The van der Waals surface area contributed by atoms with Crippen LogP contribution in [0.5, 0.6) is 0 Å². The zero-order valence-electron chi connectivity index (χ0n) is 7.07. The maximum Gasteiger partial charge on any atom is 0.307 e. The zero-order chi connectivity index (χ0) is 9.14. The summed E-state index contributed by atoms with van der Waals surface area (Å²) in [4.78, 5) is 12.9. The van der Waals surface area contributed by atoms with Crippen molar-refractivity contribution in [2.45, 2.75) is 12.5 Å². The number of carbonyl (C=O) groups is 1. The number of nitrogens with zero attached hydrogens (tertiary/aromatic N) is 1. The monoisotopic (exact) mass is 205 g/mol. The topological polar surface area (TPSA) is 29.5 Å². The van der Waals surface area contributed by atoms with E-state index in [0.29, 0.717) is 6.42 Å². The summed E-state index contributed by atoms with van der Waals surface area (Å²) in [6.07, 6.45) is 0.431.